The van der Waals surface area contributed by atoms with Crippen LogP contribution in [0.5, 0.6) is 0 Å². The van der Waals surface area contributed by atoms with Crippen LogP contribution in [-0.2, 0) is 11.8 Å². The molecule has 3 heterocycles. The van der Waals surface area contributed by atoms with Crippen molar-refractivity contribution in [3.8, 4) is 0 Å². The summed E-state index contributed by atoms with van der Waals surface area (Å²) >= 11 is 0. The third kappa shape index (κ3) is 6.82. The third-order valence-corrected chi connectivity index (χ3v) is 6.02. The van der Waals surface area contributed by atoms with Crippen LogP contribution in [0.3, 0.4) is 0 Å². The minimum atomic E-state index is 0. The van der Waals surface area contributed by atoms with Crippen molar-refractivity contribution < 1.29 is 4.74 Å². The maximum atomic E-state index is 5.99. The number of nitrogens with one attached hydrogen (secondary N) is 1. The number of aliphatic imine (C=N–C) groups is 1. The van der Waals surface area contributed by atoms with Gasteiger partial charge in [-0.25, -0.2) is 0 Å². The van der Waals surface area contributed by atoms with Crippen LogP contribution >= 0.6 is 24.0 Å². The van der Waals surface area contributed by atoms with Crippen LogP contribution in [0.4, 0.5) is 0 Å². The molecule has 0 bridgehead atoms. The quantitative estimate of drug-likeness (QED) is 0.369. The molecule has 2 fully saturated rings. The van der Waals surface area contributed by atoms with E-state index in [1.807, 2.05) is 31.2 Å². The summed E-state index contributed by atoms with van der Waals surface area (Å²) in [6.45, 7) is 10.5. The van der Waals surface area contributed by atoms with Crippen molar-refractivity contribution in [3.05, 3.63) is 18.0 Å². The number of hydrogen-bond acceptors (Lipinski definition) is 4. The van der Waals surface area contributed by atoms with Gasteiger partial charge in [0, 0.05) is 45.0 Å². The number of nitrogens with zero attached hydrogens (tertiary/aromatic N) is 5. The van der Waals surface area contributed by atoms with E-state index in [1.165, 1.54) is 38.8 Å². The minimum Gasteiger partial charge on any atom is -0.370 e. The molecule has 2 aliphatic rings. The molecule has 7 nitrogen and oxygen atoms in total. The molecule has 2 atom stereocenters. The first-order chi connectivity index (χ1) is 13.6. The monoisotopic (exact) mass is 518 g/mol. The molecule has 1 aromatic heterocycles. The predicted molar refractivity (Wildman–Crippen MR) is 129 cm³/mol. The minimum absolute atomic E-state index is 0. The molecule has 0 saturated carbocycles. The average molecular weight is 518 g/mol. The van der Waals surface area contributed by atoms with Crippen molar-refractivity contribution in [3.63, 3.8) is 0 Å². The van der Waals surface area contributed by atoms with Gasteiger partial charge in [-0.1, -0.05) is 26.7 Å². The van der Waals surface area contributed by atoms with Crippen molar-refractivity contribution in [2.75, 3.05) is 46.4 Å². The van der Waals surface area contributed by atoms with Crippen molar-refractivity contribution >= 4 is 29.9 Å². The fraction of sp³-hybridized carbons (Fsp3) is 0.810. The average Bonchev–Trinajstić information content (AvgIpc) is 2.96. The summed E-state index contributed by atoms with van der Waals surface area (Å²) < 4.78 is 7.82. The van der Waals surface area contributed by atoms with E-state index >= 15 is 0 Å². The van der Waals surface area contributed by atoms with Gasteiger partial charge < -0.3 is 15.0 Å². The Morgan fingerprint density at radius 1 is 1.24 bits per heavy atom. The second kappa shape index (κ2) is 12.1. The Labute approximate surface area is 193 Å². The van der Waals surface area contributed by atoms with Gasteiger partial charge in [-0.15, -0.1) is 24.0 Å². The zero-order valence-electron chi connectivity index (χ0n) is 18.5. The lowest BCUT2D eigenvalue weighted by atomic mass is 10.0. The summed E-state index contributed by atoms with van der Waals surface area (Å²) in [4.78, 5) is 9.59. The van der Waals surface area contributed by atoms with Crippen LogP contribution in [-0.4, -0.2) is 78.0 Å². The smallest absolute Gasteiger partial charge is 0.193 e. The van der Waals surface area contributed by atoms with E-state index in [4.69, 9.17) is 4.74 Å². The molecular formula is C21H39IN6O. The molecule has 2 saturated heterocycles. The summed E-state index contributed by atoms with van der Waals surface area (Å²) in [5.41, 5.74) is 1.13. The Morgan fingerprint density at radius 3 is 2.55 bits per heavy atom. The number of aromatic nitrogens is 2. The van der Waals surface area contributed by atoms with Crippen LogP contribution in [0.1, 0.15) is 51.2 Å². The molecule has 1 aromatic rings. The number of guanidine groups is 1. The third-order valence-electron chi connectivity index (χ3n) is 6.02. The zero-order valence-corrected chi connectivity index (χ0v) is 20.8. The Balaban J connectivity index is 0.00000300. The number of ether oxygens (including phenoxy) is 1. The van der Waals surface area contributed by atoms with Crippen molar-refractivity contribution in [2.45, 2.75) is 51.7 Å². The van der Waals surface area contributed by atoms with Crippen LogP contribution in [0.2, 0.25) is 0 Å². The van der Waals surface area contributed by atoms with Gasteiger partial charge >= 0.3 is 0 Å². The first-order valence-corrected chi connectivity index (χ1v) is 10.9. The normalized spacial score (nSPS) is 22.9. The van der Waals surface area contributed by atoms with Crippen LogP contribution in [0.25, 0.3) is 0 Å². The predicted octanol–water partition coefficient (Wildman–Crippen LogP) is 2.89. The SMILES string of the molecule is CN=C(NCC(C(C)C)N1CCCCCC1)N1CCOC(c2cnn(C)c2)C1.I. The van der Waals surface area contributed by atoms with Gasteiger partial charge in [-0.05, 0) is 31.8 Å². The van der Waals surface area contributed by atoms with E-state index < -0.39 is 0 Å². The molecule has 0 amide bonds. The topological polar surface area (TPSA) is 57.9 Å². The molecule has 0 aliphatic carbocycles. The van der Waals surface area contributed by atoms with Gasteiger partial charge in [0.1, 0.15) is 6.10 Å². The van der Waals surface area contributed by atoms with Gasteiger partial charge in [-0.3, -0.25) is 14.6 Å². The first kappa shape index (κ1) is 24.4. The number of halogens is 1. The number of likely N-dealkylation sites (tertiary alicyclic amines) is 1. The molecule has 166 valence electrons. The zero-order chi connectivity index (χ0) is 19.9. The molecule has 0 spiro atoms. The molecule has 8 heteroatoms. The number of morpholine rings is 1. The molecule has 1 N–H and O–H groups in total. The van der Waals surface area contributed by atoms with E-state index in [1.54, 1.807) is 0 Å². The van der Waals surface area contributed by atoms with Gasteiger partial charge in [0.2, 0.25) is 0 Å². The van der Waals surface area contributed by atoms with E-state index in [-0.39, 0.29) is 30.1 Å². The molecule has 0 radical (unpaired) electrons. The van der Waals surface area contributed by atoms with Crippen LogP contribution in [0, 0.1) is 5.92 Å². The van der Waals surface area contributed by atoms with E-state index in [0.29, 0.717) is 18.6 Å². The Hall–Kier alpha value is -0.870. The Kier molecular flexibility index (Phi) is 10.2. The molecular weight excluding hydrogens is 479 g/mol. The fourth-order valence-electron chi connectivity index (χ4n) is 4.39. The summed E-state index contributed by atoms with van der Waals surface area (Å²) in [7, 11) is 3.83. The molecule has 29 heavy (non-hydrogen) atoms. The van der Waals surface area contributed by atoms with E-state index in [2.05, 4.69) is 39.1 Å². The summed E-state index contributed by atoms with van der Waals surface area (Å²) in [5.74, 6) is 1.61. The number of hydrogen-bond donors (Lipinski definition) is 1. The van der Waals surface area contributed by atoms with Gasteiger partial charge in [-0.2, -0.15) is 5.10 Å². The number of aryl methyl sites for hydroxylation is 1. The summed E-state index contributed by atoms with van der Waals surface area (Å²) in [6, 6.07) is 0.546. The summed E-state index contributed by atoms with van der Waals surface area (Å²) in [6.07, 6.45) is 9.40. The van der Waals surface area contributed by atoms with Gasteiger partial charge in [0.05, 0.1) is 19.3 Å². The summed E-state index contributed by atoms with van der Waals surface area (Å²) in [5, 5.41) is 7.96. The number of rotatable bonds is 5. The highest BCUT2D eigenvalue weighted by atomic mass is 127. The van der Waals surface area contributed by atoms with Gasteiger partial charge in [0.15, 0.2) is 5.96 Å². The van der Waals surface area contributed by atoms with Crippen molar-refractivity contribution in [1.29, 1.82) is 0 Å². The molecule has 0 aromatic carbocycles. The van der Waals surface area contributed by atoms with E-state index in [0.717, 1.165) is 31.2 Å². The molecule has 2 aliphatic heterocycles. The van der Waals surface area contributed by atoms with Gasteiger partial charge in [0.25, 0.3) is 0 Å². The molecule has 3 rings (SSSR count). The molecule has 2 unspecified atom stereocenters. The fourth-order valence-corrected chi connectivity index (χ4v) is 4.39. The van der Waals surface area contributed by atoms with E-state index in [9.17, 15) is 0 Å². The highest BCUT2D eigenvalue weighted by Gasteiger charge is 2.27. The largest absolute Gasteiger partial charge is 0.370 e. The Morgan fingerprint density at radius 2 is 1.97 bits per heavy atom. The lowest BCUT2D eigenvalue weighted by Gasteiger charge is -2.37. The second-order valence-electron chi connectivity index (χ2n) is 8.44. The lowest BCUT2D eigenvalue weighted by Crippen LogP contribution is -2.53. The first-order valence-electron chi connectivity index (χ1n) is 10.9. The highest BCUT2D eigenvalue weighted by molar-refractivity contribution is 14.0. The van der Waals surface area contributed by atoms with Crippen LogP contribution in [0.15, 0.2) is 17.4 Å². The maximum Gasteiger partial charge on any atom is 0.193 e. The van der Waals surface area contributed by atoms with Crippen molar-refractivity contribution in [1.82, 2.24) is 24.9 Å². The highest BCUT2D eigenvalue weighted by Crippen LogP contribution is 2.22. The maximum absolute atomic E-state index is 5.99. The Bertz CT molecular complexity index is 626. The van der Waals surface area contributed by atoms with Crippen molar-refractivity contribution in [2.24, 2.45) is 18.0 Å². The lowest BCUT2D eigenvalue weighted by molar-refractivity contribution is -0.00819. The van der Waals surface area contributed by atoms with Crippen LogP contribution < -0.4 is 5.32 Å². The second-order valence-corrected chi connectivity index (χ2v) is 8.44. The standard InChI is InChI=1S/C21H38N6O.HI/c1-17(2)19(26-9-7-5-6-8-10-26)14-23-21(22-3)27-11-12-28-20(16-27)18-13-24-25(4)15-18;/h13,15,17,19-20H,5-12,14,16H2,1-4H3,(H,22,23);1H.